The zero-order chi connectivity index (χ0) is 28.7. The molecule has 2 aromatic heterocycles. The van der Waals surface area contributed by atoms with Crippen LogP contribution >= 0.6 is 0 Å². The number of carbonyl (C=O) groups is 1. The average Bonchev–Trinajstić information content (AvgIpc) is 3.61. The van der Waals surface area contributed by atoms with Crippen LogP contribution in [0, 0.1) is 5.92 Å². The Morgan fingerprint density at radius 1 is 1.07 bits per heavy atom. The van der Waals surface area contributed by atoms with E-state index in [-0.39, 0.29) is 42.1 Å². The minimum atomic E-state index is -4.80. The number of aliphatic carboxylic acids is 1. The molecule has 3 atom stereocenters. The number of alkyl halides is 3. The van der Waals surface area contributed by atoms with Crippen LogP contribution in [-0.4, -0.2) is 62.1 Å². The lowest BCUT2D eigenvalue weighted by Gasteiger charge is -2.42. The zero-order valence-corrected chi connectivity index (χ0v) is 21.5. The van der Waals surface area contributed by atoms with Crippen LogP contribution in [0.5, 0.6) is 5.75 Å². The number of rotatable bonds is 6. The Balaban J connectivity index is 1.24. The first kappa shape index (κ1) is 27.0. The molecule has 1 unspecified atom stereocenters. The van der Waals surface area contributed by atoms with Gasteiger partial charge in [0, 0.05) is 29.7 Å². The van der Waals surface area contributed by atoms with Crippen molar-refractivity contribution in [1.29, 1.82) is 0 Å². The molecule has 0 spiro atoms. The normalized spacial score (nSPS) is 21.3. The van der Waals surface area contributed by atoms with Gasteiger partial charge in [-0.05, 0) is 31.4 Å². The topological polar surface area (TPSA) is 135 Å². The molecule has 214 valence electrons. The minimum absolute atomic E-state index is 0.00124. The smallest absolute Gasteiger partial charge is 0.422 e. The van der Waals surface area contributed by atoms with Crippen LogP contribution in [0.25, 0.3) is 34.3 Å². The predicted molar refractivity (Wildman–Crippen MR) is 136 cm³/mol. The lowest BCUT2D eigenvalue weighted by atomic mass is 9.90. The van der Waals surface area contributed by atoms with Gasteiger partial charge in [-0.2, -0.15) is 18.2 Å². The van der Waals surface area contributed by atoms with E-state index in [1.807, 2.05) is 0 Å². The number of hydrogen-bond acceptors (Lipinski definition) is 9. The molecular weight excluding hydrogens is 545 g/mol. The molecule has 0 aliphatic carbocycles. The Morgan fingerprint density at radius 2 is 1.88 bits per heavy atom. The van der Waals surface area contributed by atoms with Gasteiger partial charge in [0.25, 0.3) is 5.89 Å². The fourth-order valence-electron chi connectivity index (χ4n) is 5.56. The fraction of sp³-hybridized carbons (Fsp3) is 0.357. The first-order chi connectivity index (χ1) is 19.7. The van der Waals surface area contributed by atoms with Crippen LogP contribution in [0.2, 0.25) is 0 Å². The molecule has 1 fully saturated rings. The Labute approximate surface area is 231 Å². The van der Waals surface area contributed by atoms with Crippen molar-refractivity contribution < 1.29 is 42.0 Å². The highest BCUT2D eigenvalue weighted by Gasteiger charge is 2.43. The highest BCUT2D eigenvalue weighted by molar-refractivity contribution is 5.71. The molecule has 1 saturated heterocycles. The number of piperidine rings is 1. The lowest BCUT2D eigenvalue weighted by Crippen LogP contribution is -2.50. The van der Waals surface area contributed by atoms with Crippen molar-refractivity contribution in [3.63, 3.8) is 0 Å². The van der Waals surface area contributed by atoms with E-state index in [1.165, 1.54) is 12.1 Å². The maximum absolute atomic E-state index is 14.1. The summed E-state index contributed by atoms with van der Waals surface area (Å²) < 4.78 is 58.3. The summed E-state index contributed by atoms with van der Waals surface area (Å²) in [5.74, 6) is -1.61. The van der Waals surface area contributed by atoms with Gasteiger partial charge >= 0.3 is 12.1 Å². The lowest BCUT2D eigenvalue weighted by molar-refractivity contribution is -0.139. The maximum Gasteiger partial charge on any atom is 0.422 e. The fourth-order valence-corrected chi connectivity index (χ4v) is 5.56. The highest BCUT2D eigenvalue weighted by atomic mass is 19.4. The van der Waals surface area contributed by atoms with Crippen molar-refractivity contribution in [3.8, 4) is 40.0 Å². The van der Waals surface area contributed by atoms with Crippen LogP contribution in [0.3, 0.4) is 0 Å². The molecule has 6 rings (SSSR count). The van der Waals surface area contributed by atoms with E-state index in [9.17, 15) is 23.1 Å². The van der Waals surface area contributed by atoms with E-state index in [0.717, 1.165) is 19.4 Å². The molecule has 4 heterocycles. The molecule has 2 aliphatic rings. The second-order valence-electron chi connectivity index (χ2n) is 10.2. The van der Waals surface area contributed by atoms with Gasteiger partial charge in [0.15, 0.2) is 0 Å². The van der Waals surface area contributed by atoms with Crippen molar-refractivity contribution >= 4 is 5.97 Å². The Kier molecular flexibility index (Phi) is 6.99. The SMILES string of the molecule is O=C(O)CC1CCCN([C@H]2COc3cc(-c4noc(-c5onc(-c6ccccc6)c5C(F)(F)F)n4)ccc3[C@H]2O)C1. The van der Waals surface area contributed by atoms with Crippen molar-refractivity contribution in [2.75, 3.05) is 19.7 Å². The van der Waals surface area contributed by atoms with Gasteiger partial charge in [-0.3, -0.25) is 9.69 Å². The molecule has 2 aromatic carbocycles. The van der Waals surface area contributed by atoms with Crippen LogP contribution in [0.4, 0.5) is 13.2 Å². The number of halogens is 3. The standard InChI is InChI=1S/C28H25F3N4O6/c29-28(30,31)22-23(16-6-2-1-3-7-16)33-40-25(22)27-32-26(34-41-27)17-8-9-18-20(12-17)39-14-19(24(18)38)35-10-4-5-15(13-35)11-21(36)37/h1-3,6-9,12,15,19,24,38H,4-5,10-11,13-14H2,(H,36,37)/t15?,19-,24+/m0/s1. The number of aliphatic hydroxyl groups excluding tert-OH is 1. The van der Waals surface area contributed by atoms with E-state index >= 15 is 0 Å². The average molecular weight is 571 g/mol. The second kappa shape index (κ2) is 10.6. The molecule has 10 nitrogen and oxygen atoms in total. The van der Waals surface area contributed by atoms with Gasteiger partial charge in [0.2, 0.25) is 11.6 Å². The largest absolute Gasteiger partial charge is 0.491 e. The molecule has 0 saturated carbocycles. The van der Waals surface area contributed by atoms with Crippen molar-refractivity contribution in [2.24, 2.45) is 5.92 Å². The number of carboxylic acids is 1. The maximum atomic E-state index is 14.1. The first-order valence-corrected chi connectivity index (χ1v) is 13.1. The third-order valence-corrected chi connectivity index (χ3v) is 7.49. The van der Waals surface area contributed by atoms with E-state index in [4.69, 9.17) is 18.9 Å². The van der Waals surface area contributed by atoms with Gasteiger partial charge in [-0.1, -0.05) is 52.8 Å². The molecule has 2 N–H and O–H groups in total. The molecule has 0 amide bonds. The third-order valence-electron chi connectivity index (χ3n) is 7.49. The van der Waals surface area contributed by atoms with Crippen LogP contribution in [-0.2, 0) is 11.0 Å². The van der Waals surface area contributed by atoms with Gasteiger partial charge in [-0.25, -0.2) is 0 Å². The predicted octanol–water partition coefficient (Wildman–Crippen LogP) is 5.06. The Bertz CT molecular complexity index is 1550. The molecule has 0 radical (unpaired) electrons. The quantitative estimate of drug-likeness (QED) is 0.324. The summed E-state index contributed by atoms with van der Waals surface area (Å²) >= 11 is 0. The Hall–Kier alpha value is -4.23. The first-order valence-electron chi connectivity index (χ1n) is 13.1. The summed E-state index contributed by atoms with van der Waals surface area (Å²) in [6, 6.07) is 12.4. The summed E-state index contributed by atoms with van der Waals surface area (Å²) in [6.07, 6.45) is -3.94. The van der Waals surface area contributed by atoms with Gasteiger partial charge in [-0.15, -0.1) is 0 Å². The molecular formula is C28H25F3N4O6. The number of benzene rings is 2. The summed E-state index contributed by atoms with van der Waals surface area (Å²) in [4.78, 5) is 17.4. The summed E-state index contributed by atoms with van der Waals surface area (Å²) in [5, 5.41) is 27.8. The number of fused-ring (bicyclic) bond motifs is 1. The van der Waals surface area contributed by atoms with Crippen molar-refractivity contribution in [2.45, 2.75) is 37.6 Å². The van der Waals surface area contributed by atoms with Gasteiger partial charge in [0.05, 0.1) is 6.04 Å². The van der Waals surface area contributed by atoms with Crippen LogP contribution < -0.4 is 4.74 Å². The number of ether oxygens (including phenoxy) is 1. The number of hydrogen-bond donors (Lipinski definition) is 2. The number of likely N-dealkylation sites (tertiary alicyclic amines) is 1. The van der Waals surface area contributed by atoms with Gasteiger partial charge < -0.3 is 24.0 Å². The Morgan fingerprint density at radius 3 is 2.63 bits per heavy atom. The minimum Gasteiger partial charge on any atom is -0.491 e. The third kappa shape index (κ3) is 5.30. The van der Waals surface area contributed by atoms with Crippen molar-refractivity contribution in [3.05, 3.63) is 59.7 Å². The van der Waals surface area contributed by atoms with Crippen LogP contribution in [0.1, 0.15) is 36.5 Å². The number of nitrogens with zero attached hydrogens (tertiary/aromatic N) is 4. The van der Waals surface area contributed by atoms with E-state index in [0.29, 0.717) is 23.4 Å². The molecule has 41 heavy (non-hydrogen) atoms. The summed E-state index contributed by atoms with van der Waals surface area (Å²) in [5.41, 5.74) is -0.344. The molecule has 13 heteroatoms. The van der Waals surface area contributed by atoms with Gasteiger partial charge in [0.1, 0.15) is 29.7 Å². The highest BCUT2D eigenvalue weighted by Crippen LogP contribution is 2.43. The van der Waals surface area contributed by atoms with E-state index in [2.05, 4.69) is 20.2 Å². The number of carboxylic acid groups (broad SMARTS) is 1. The summed E-state index contributed by atoms with van der Waals surface area (Å²) in [7, 11) is 0. The molecule has 2 aliphatic heterocycles. The van der Waals surface area contributed by atoms with E-state index < -0.39 is 35.5 Å². The monoisotopic (exact) mass is 570 g/mol. The zero-order valence-electron chi connectivity index (χ0n) is 21.5. The second-order valence-corrected chi connectivity index (χ2v) is 10.2. The molecule has 0 bridgehead atoms. The number of aliphatic hydroxyl groups is 1. The van der Waals surface area contributed by atoms with E-state index in [1.54, 1.807) is 36.4 Å². The van der Waals surface area contributed by atoms with Crippen LogP contribution in [0.15, 0.2) is 57.6 Å². The molecule has 4 aromatic rings. The van der Waals surface area contributed by atoms with Crippen molar-refractivity contribution in [1.82, 2.24) is 20.2 Å². The summed E-state index contributed by atoms with van der Waals surface area (Å²) in [6.45, 7) is 1.47. The number of aromatic nitrogens is 3.